The number of rotatable bonds is 11. The van der Waals surface area contributed by atoms with Gasteiger partial charge in [-0.3, -0.25) is 9.78 Å². The molecule has 4 N–H and O–H groups in total. The van der Waals surface area contributed by atoms with Gasteiger partial charge in [-0.05, 0) is 78.8 Å². The van der Waals surface area contributed by atoms with Crippen LogP contribution in [0.5, 0.6) is 0 Å². The molecule has 0 atom stereocenters. The Labute approximate surface area is 203 Å². The number of hydrogen-bond acceptors (Lipinski definition) is 4. The van der Waals surface area contributed by atoms with Gasteiger partial charge in [0.1, 0.15) is 7.85 Å². The summed E-state index contributed by atoms with van der Waals surface area (Å²) in [5.41, 5.74) is 13.4. The highest BCUT2D eigenvalue weighted by Gasteiger charge is 2.09. The fraction of sp³-hybridized carbons (Fsp3) is 0.286. The Kier molecular flexibility index (Phi) is 9.47. The average Bonchev–Trinajstić information content (AvgIpc) is 2.86. The molecular formula is C28H32BN3O2. The normalized spacial score (nSPS) is 11.4. The summed E-state index contributed by atoms with van der Waals surface area (Å²) in [4.78, 5) is 16.6. The highest BCUT2D eigenvalue weighted by atomic mass is 16.3. The second-order valence-electron chi connectivity index (χ2n) is 8.44. The van der Waals surface area contributed by atoms with Crippen LogP contribution in [-0.2, 0) is 24.2 Å². The molecule has 5 nitrogen and oxygen atoms in total. The lowest BCUT2D eigenvalue weighted by Crippen LogP contribution is -2.22. The minimum atomic E-state index is 0.0127. The number of benzene rings is 2. The molecule has 0 saturated carbocycles. The van der Waals surface area contributed by atoms with Crippen molar-refractivity contribution in [2.45, 2.75) is 45.6 Å². The lowest BCUT2D eigenvalue weighted by Gasteiger charge is -2.12. The number of aliphatic hydroxyl groups excluding tert-OH is 1. The predicted octanol–water partition coefficient (Wildman–Crippen LogP) is 4.05. The van der Waals surface area contributed by atoms with Crippen LogP contribution in [-0.4, -0.2) is 30.5 Å². The number of pyridine rings is 1. The first kappa shape index (κ1) is 25.3. The summed E-state index contributed by atoms with van der Waals surface area (Å²) in [5, 5.41) is 11.7. The van der Waals surface area contributed by atoms with Gasteiger partial charge in [-0.1, -0.05) is 54.0 Å². The van der Waals surface area contributed by atoms with Gasteiger partial charge in [-0.25, -0.2) is 0 Å². The largest absolute Gasteiger partial charge is 0.405 e. The van der Waals surface area contributed by atoms with Crippen LogP contribution in [0, 0.1) is 6.92 Å². The van der Waals surface area contributed by atoms with E-state index in [2.05, 4.69) is 42.6 Å². The van der Waals surface area contributed by atoms with Gasteiger partial charge in [-0.15, -0.1) is 0 Å². The van der Waals surface area contributed by atoms with Crippen LogP contribution in [0.1, 0.15) is 47.3 Å². The Morgan fingerprint density at radius 2 is 1.79 bits per heavy atom. The molecule has 1 heterocycles. The molecule has 34 heavy (non-hydrogen) atoms. The molecular weight excluding hydrogens is 421 g/mol. The monoisotopic (exact) mass is 453 g/mol. The van der Waals surface area contributed by atoms with Crippen molar-refractivity contribution in [3.8, 4) is 11.1 Å². The first-order valence-corrected chi connectivity index (χ1v) is 11.7. The van der Waals surface area contributed by atoms with Crippen molar-refractivity contribution in [1.29, 1.82) is 0 Å². The number of aromatic nitrogens is 1. The maximum atomic E-state index is 11.8. The number of aliphatic hydroxyl groups is 1. The highest BCUT2D eigenvalue weighted by Crippen LogP contribution is 2.26. The second-order valence-corrected chi connectivity index (χ2v) is 8.44. The standard InChI is InChI=1S/C28H32BN3O2/c1-20-6-2-3-7-25(20)23-16-24(32-27(17-23)26(29)18-30)14-13-21-9-11-22(12-10-21)19-31-28(34)8-4-5-15-33/h2-3,6-7,9-12,16-18,33H,4-5,8,13-15,19,30H2,1H3,(H,31,34)/b26-18+. The summed E-state index contributed by atoms with van der Waals surface area (Å²) in [7, 11) is 6.09. The Balaban J connectivity index is 1.66. The van der Waals surface area contributed by atoms with Crippen LogP contribution in [0.15, 0.2) is 66.9 Å². The molecule has 1 aromatic heterocycles. The van der Waals surface area contributed by atoms with Crippen LogP contribution < -0.4 is 11.1 Å². The van der Waals surface area contributed by atoms with Crippen LogP contribution in [0.3, 0.4) is 0 Å². The zero-order valence-corrected chi connectivity index (χ0v) is 19.8. The molecule has 6 heteroatoms. The smallest absolute Gasteiger partial charge is 0.220 e. The molecule has 2 aromatic carbocycles. The van der Waals surface area contributed by atoms with Gasteiger partial charge in [0.2, 0.25) is 5.91 Å². The number of aryl methyl sites for hydroxylation is 3. The molecule has 3 rings (SSSR count). The highest BCUT2D eigenvalue weighted by molar-refractivity contribution is 6.41. The molecule has 0 bridgehead atoms. The lowest BCUT2D eigenvalue weighted by atomic mass is 9.90. The zero-order chi connectivity index (χ0) is 24.3. The molecule has 0 unspecified atom stereocenters. The lowest BCUT2D eigenvalue weighted by molar-refractivity contribution is -0.121. The van der Waals surface area contributed by atoms with Crippen LogP contribution in [0.25, 0.3) is 16.6 Å². The quantitative estimate of drug-likeness (QED) is 0.302. The summed E-state index contributed by atoms with van der Waals surface area (Å²) in [6.45, 7) is 2.72. The maximum Gasteiger partial charge on any atom is 0.220 e. The Hall–Kier alpha value is -3.38. The fourth-order valence-corrected chi connectivity index (χ4v) is 3.78. The van der Waals surface area contributed by atoms with E-state index < -0.39 is 0 Å². The third-order valence-electron chi connectivity index (χ3n) is 5.80. The SMILES string of the molecule is [B]/C(=C/N)c1cc(-c2ccccc2C)cc(CCc2ccc(CNC(=O)CCCCO)cc2)n1. The van der Waals surface area contributed by atoms with Gasteiger partial charge in [0, 0.05) is 25.3 Å². The third-order valence-corrected chi connectivity index (χ3v) is 5.80. The van der Waals surface area contributed by atoms with E-state index >= 15 is 0 Å². The van der Waals surface area contributed by atoms with E-state index in [4.69, 9.17) is 23.7 Å². The molecule has 174 valence electrons. The van der Waals surface area contributed by atoms with Gasteiger partial charge in [0.25, 0.3) is 0 Å². The van der Waals surface area contributed by atoms with Crippen LogP contribution >= 0.6 is 0 Å². The van der Waals surface area contributed by atoms with E-state index in [1.54, 1.807) is 0 Å². The molecule has 2 radical (unpaired) electrons. The summed E-state index contributed by atoms with van der Waals surface area (Å²) in [6.07, 6.45) is 4.79. The van der Waals surface area contributed by atoms with Crippen molar-refractivity contribution in [2.24, 2.45) is 5.73 Å². The van der Waals surface area contributed by atoms with Crippen molar-refractivity contribution in [2.75, 3.05) is 6.61 Å². The van der Waals surface area contributed by atoms with E-state index in [9.17, 15) is 4.79 Å². The van der Waals surface area contributed by atoms with E-state index in [1.165, 1.54) is 17.3 Å². The summed E-state index contributed by atoms with van der Waals surface area (Å²) < 4.78 is 0. The topological polar surface area (TPSA) is 88.2 Å². The van der Waals surface area contributed by atoms with E-state index in [-0.39, 0.29) is 12.5 Å². The van der Waals surface area contributed by atoms with Gasteiger partial charge in [-0.2, -0.15) is 0 Å². The number of hydrogen-bond donors (Lipinski definition) is 3. The number of amides is 1. The molecule has 0 aliphatic heterocycles. The number of unbranched alkanes of at least 4 members (excludes halogenated alkanes) is 1. The molecule has 0 aliphatic carbocycles. The first-order chi connectivity index (χ1) is 16.5. The first-order valence-electron chi connectivity index (χ1n) is 11.7. The van der Waals surface area contributed by atoms with E-state index in [0.717, 1.165) is 35.2 Å². The maximum absolute atomic E-state index is 11.8. The Morgan fingerprint density at radius 3 is 2.50 bits per heavy atom. The molecule has 0 fully saturated rings. The number of carbonyl (C=O) groups excluding carboxylic acids is 1. The number of carbonyl (C=O) groups is 1. The predicted molar refractivity (Wildman–Crippen MR) is 139 cm³/mol. The van der Waals surface area contributed by atoms with Crippen LogP contribution in [0.2, 0.25) is 0 Å². The minimum Gasteiger partial charge on any atom is -0.405 e. The number of nitrogens with two attached hydrogens (primary N) is 1. The van der Waals surface area contributed by atoms with Crippen LogP contribution in [0.4, 0.5) is 0 Å². The van der Waals surface area contributed by atoms with Gasteiger partial charge < -0.3 is 16.2 Å². The van der Waals surface area contributed by atoms with Crippen molar-refractivity contribution < 1.29 is 9.90 Å². The van der Waals surface area contributed by atoms with Crippen molar-refractivity contribution in [1.82, 2.24) is 10.3 Å². The summed E-state index contributed by atoms with van der Waals surface area (Å²) in [6, 6.07) is 20.6. The molecule has 1 amide bonds. The number of nitrogens with zero attached hydrogens (tertiary/aromatic N) is 1. The Bertz CT molecular complexity index is 1130. The number of nitrogens with one attached hydrogen (secondary N) is 1. The van der Waals surface area contributed by atoms with E-state index in [0.29, 0.717) is 37.0 Å². The minimum absolute atomic E-state index is 0.0127. The van der Waals surface area contributed by atoms with Crippen molar-refractivity contribution >= 4 is 19.2 Å². The Morgan fingerprint density at radius 1 is 1.06 bits per heavy atom. The molecule has 0 saturated heterocycles. The van der Waals surface area contributed by atoms with Crippen molar-refractivity contribution in [3.05, 3.63) is 94.9 Å². The summed E-state index contributed by atoms with van der Waals surface area (Å²) >= 11 is 0. The molecule has 3 aromatic rings. The van der Waals surface area contributed by atoms with Gasteiger partial charge in [0.05, 0.1) is 5.69 Å². The van der Waals surface area contributed by atoms with Gasteiger partial charge >= 0.3 is 0 Å². The fourth-order valence-electron chi connectivity index (χ4n) is 3.78. The summed E-state index contributed by atoms with van der Waals surface area (Å²) in [5.74, 6) is 0.0127. The second kappa shape index (κ2) is 12.8. The zero-order valence-electron chi connectivity index (χ0n) is 19.8. The van der Waals surface area contributed by atoms with Crippen molar-refractivity contribution in [3.63, 3.8) is 0 Å². The molecule has 0 spiro atoms. The average molecular weight is 453 g/mol. The van der Waals surface area contributed by atoms with Gasteiger partial charge in [0.15, 0.2) is 0 Å². The van der Waals surface area contributed by atoms with E-state index in [1.807, 2.05) is 30.3 Å². The molecule has 0 aliphatic rings. The third kappa shape index (κ3) is 7.32.